The van der Waals surface area contributed by atoms with Gasteiger partial charge in [-0.1, -0.05) is 40.4 Å². The molecule has 3 aromatic rings. The SMILES string of the molecule is Cc1c(C(=O)N[C@H]2CCN(C(=O)O)C(C(C)(C)C)[C@H]2O)c2ncnc(-c3ccc(F)cc3OCC3CC3)c2n1COCC[Si](C)(C)C. The quantitative estimate of drug-likeness (QED) is 0.169. The summed E-state index contributed by atoms with van der Waals surface area (Å²) in [5, 5.41) is 24.2. The van der Waals surface area contributed by atoms with E-state index in [0.717, 1.165) is 18.9 Å². The number of aliphatic hydroxyl groups is 1. The van der Waals surface area contributed by atoms with Gasteiger partial charge in [-0.2, -0.15) is 0 Å². The Labute approximate surface area is 276 Å². The Morgan fingerprint density at radius 1 is 1.15 bits per heavy atom. The normalized spacial score (nSPS) is 20.4. The summed E-state index contributed by atoms with van der Waals surface area (Å²) in [5.41, 5.74) is 2.34. The Morgan fingerprint density at radius 2 is 1.87 bits per heavy atom. The summed E-state index contributed by atoms with van der Waals surface area (Å²) in [4.78, 5) is 36.6. The van der Waals surface area contributed by atoms with E-state index >= 15 is 0 Å². The fraction of sp³-hybridized carbons (Fsp3) is 0.588. The number of carbonyl (C=O) groups excluding carboxylic acids is 1. The highest BCUT2D eigenvalue weighted by Gasteiger charge is 2.46. The molecule has 1 saturated heterocycles. The van der Waals surface area contributed by atoms with Crippen LogP contribution < -0.4 is 10.1 Å². The number of rotatable bonds is 11. The van der Waals surface area contributed by atoms with Crippen LogP contribution in [-0.4, -0.2) is 87.7 Å². The number of likely N-dealkylation sites (tertiary alicyclic amines) is 1. The minimum atomic E-state index is -1.37. The fourth-order valence-corrected chi connectivity index (χ4v) is 7.10. The van der Waals surface area contributed by atoms with E-state index in [4.69, 9.17) is 9.47 Å². The fourth-order valence-electron chi connectivity index (χ4n) is 6.34. The third-order valence-corrected chi connectivity index (χ3v) is 10.8. The Bertz CT molecular complexity index is 1630. The molecular formula is C34H48FN5O6Si. The topological polar surface area (TPSA) is 139 Å². The highest BCUT2D eigenvalue weighted by Crippen LogP contribution is 2.39. The van der Waals surface area contributed by atoms with Gasteiger partial charge in [0, 0.05) is 38.5 Å². The number of ether oxygens (including phenoxy) is 2. The van der Waals surface area contributed by atoms with Gasteiger partial charge in [0.2, 0.25) is 0 Å². The molecule has 2 amide bonds. The van der Waals surface area contributed by atoms with Gasteiger partial charge in [-0.05, 0) is 55.7 Å². The summed E-state index contributed by atoms with van der Waals surface area (Å²) in [6.07, 6.45) is 1.57. The lowest BCUT2D eigenvalue weighted by Crippen LogP contribution is -2.64. The zero-order chi connectivity index (χ0) is 34.3. The molecule has 1 unspecified atom stereocenters. The van der Waals surface area contributed by atoms with Crippen LogP contribution >= 0.6 is 0 Å². The van der Waals surface area contributed by atoms with Crippen molar-refractivity contribution in [3.63, 3.8) is 0 Å². The Hall–Kier alpha value is -3.55. The second kappa shape index (κ2) is 13.5. The maximum Gasteiger partial charge on any atom is 0.407 e. The molecule has 1 aromatic carbocycles. The molecule has 3 heterocycles. The second-order valence-electron chi connectivity index (χ2n) is 15.2. The Kier molecular flexibility index (Phi) is 10.0. The van der Waals surface area contributed by atoms with Crippen LogP contribution in [-0.2, 0) is 11.5 Å². The number of carboxylic acid groups (broad SMARTS) is 1. The summed E-state index contributed by atoms with van der Waals surface area (Å²) in [6.45, 7) is 15.6. The molecule has 1 aliphatic heterocycles. The molecule has 2 aliphatic rings. The van der Waals surface area contributed by atoms with E-state index in [-0.39, 0.29) is 19.7 Å². The van der Waals surface area contributed by atoms with E-state index in [0.29, 0.717) is 58.4 Å². The van der Waals surface area contributed by atoms with E-state index in [1.807, 2.05) is 32.3 Å². The predicted molar refractivity (Wildman–Crippen MR) is 180 cm³/mol. The molecule has 3 atom stereocenters. The molecule has 0 spiro atoms. The van der Waals surface area contributed by atoms with Gasteiger partial charge in [-0.25, -0.2) is 19.2 Å². The van der Waals surface area contributed by atoms with Crippen molar-refractivity contribution in [2.75, 3.05) is 19.8 Å². The molecule has 2 aromatic heterocycles. The van der Waals surface area contributed by atoms with Crippen LogP contribution in [0.15, 0.2) is 24.5 Å². The summed E-state index contributed by atoms with van der Waals surface area (Å²) < 4.78 is 28.6. The number of hydrogen-bond acceptors (Lipinski definition) is 7. The number of fused-ring (bicyclic) bond motifs is 1. The second-order valence-corrected chi connectivity index (χ2v) is 20.8. The molecule has 0 radical (unpaired) electrons. The van der Waals surface area contributed by atoms with E-state index in [1.54, 1.807) is 6.07 Å². The van der Waals surface area contributed by atoms with Crippen molar-refractivity contribution < 1.29 is 33.7 Å². The third-order valence-electron chi connectivity index (χ3n) is 9.11. The third kappa shape index (κ3) is 7.78. The van der Waals surface area contributed by atoms with Crippen LogP contribution in [0.4, 0.5) is 9.18 Å². The zero-order valence-electron chi connectivity index (χ0n) is 28.5. The first-order valence-electron chi connectivity index (χ1n) is 16.4. The average Bonchev–Trinajstić information content (AvgIpc) is 3.76. The molecule has 5 rings (SSSR count). The first-order chi connectivity index (χ1) is 22.1. The van der Waals surface area contributed by atoms with Gasteiger partial charge in [0.25, 0.3) is 5.91 Å². The van der Waals surface area contributed by atoms with E-state index in [9.17, 15) is 24.2 Å². The van der Waals surface area contributed by atoms with Gasteiger partial charge in [-0.3, -0.25) is 4.79 Å². The number of hydrogen-bond donors (Lipinski definition) is 3. The van der Waals surface area contributed by atoms with Crippen molar-refractivity contribution in [2.24, 2.45) is 11.3 Å². The Morgan fingerprint density at radius 3 is 2.51 bits per heavy atom. The molecule has 3 N–H and O–H groups in total. The number of aliphatic hydroxyl groups excluding tert-OH is 1. The van der Waals surface area contributed by atoms with Crippen LogP contribution in [0.5, 0.6) is 5.75 Å². The summed E-state index contributed by atoms with van der Waals surface area (Å²) in [7, 11) is -1.37. The van der Waals surface area contributed by atoms with Crippen LogP contribution in [0.3, 0.4) is 0 Å². The minimum absolute atomic E-state index is 0.144. The molecule has 47 heavy (non-hydrogen) atoms. The first kappa shape index (κ1) is 34.8. The van der Waals surface area contributed by atoms with Crippen LogP contribution in [0, 0.1) is 24.1 Å². The van der Waals surface area contributed by atoms with Gasteiger partial charge >= 0.3 is 6.09 Å². The molecule has 0 bridgehead atoms. The number of nitrogens with zero attached hydrogens (tertiary/aromatic N) is 4. The lowest BCUT2D eigenvalue weighted by Gasteiger charge is -2.47. The summed E-state index contributed by atoms with van der Waals surface area (Å²) in [6, 6.07) is 3.91. The van der Waals surface area contributed by atoms with Gasteiger partial charge in [0.1, 0.15) is 35.8 Å². The van der Waals surface area contributed by atoms with E-state index < -0.39 is 49.5 Å². The lowest BCUT2D eigenvalue weighted by molar-refractivity contribution is -0.0470. The van der Waals surface area contributed by atoms with E-state index in [2.05, 4.69) is 34.9 Å². The monoisotopic (exact) mass is 669 g/mol. The van der Waals surface area contributed by atoms with Crippen LogP contribution in [0.2, 0.25) is 25.7 Å². The summed E-state index contributed by atoms with van der Waals surface area (Å²) >= 11 is 0. The maximum atomic E-state index is 14.5. The number of aromatic nitrogens is 3. The van der Waals surface area contributed by atoms with Gasteiger partial charge < -0.3 is 34.5 Å². The zero-order valence-corrected chi connectivity index (χ0v) is 29.5. The van der Waals surface area contributed by atoms with E-state index in [1.165, 1.54) is 23.4 Å². The average molecular weight is 670 g/mol. The van der Waals surface area contributed by atoms with Crippen molar-refractivity contribution >= 4 is 31.1 Å². The number of halogens is 1. The molecule has 256 valence electrons. The molecular weight excluding hydrogens is 621 g/mol. The van der Waals surface area contributed by atoms with Gasteiger partial charge in [0.05, 0.1) is 35.9 Å². The van der Waals surface area contributed by atoms with Crippen molar-refractivity contribution in [3.8, 4) is 17.0 Å². The highest BCUT2D eigenvalue weighted by molar-refractivity contribution is 6.76. The molecule has 13 heteroatoms. The van der Waals surface area contributed by atoms with Crippen molar-refractivity contribution in [2.45, 2.75) is 97.6 Å². The van der Waals surface area contributed by atoms with Crippen molar-refractivity contribution in [1.29, 1.82) is 0 Å². The Balaban J connectivity index is 1.54. The van der Waals surface area contributed by atoms with Crippen LogP contribution in [0.1, 0.15) is 56.1 Å². The van der Waals surface area contributed by atoms with Gasteiger partial charge in [0.15, 0.2) is 0 Å². The lowest BCUT2D eigenvalue weighted by atomic mass is 9.77. The summed E-state index contributed by atoms with van der Waals surface area (Å²) in [5.74, 6) is -0.0437. The number of amides is 2. The molecule has 2 fully saturated rings. The number of benzene rings is 1. The number of nitrogens with one attached hydrogen (secondary N) is 1. The smallest absolute Gasteiger partial charge is 0.407 e. The van der Waals surface area contributed by atoms with Crippen molar-refractivity contribution in [3.05, 3.63) is 41.6 Å². The molecule has 11 nitrogen and oxygen atoms in total. The van der Waals surface area contributed by atoms with Crippen LogP contribution in [0.25, 0.3) is 22.3 Å². The van der Waals surface area contributed by atoms with Crippen molar-refractivity contribution in [1.82, 2.24) is 24.8 Å². The number of carbonyl (C=O) groups is 2. The number of piperidine rings is 1. The largest absolute Gasteiger partial charge is 0.492 e. The highest BCUT2D eigenvalue weighted by atomic mass is 28.3. The maximum absolute atomic E-state index is 14.5. The molecule has 1 saturated carbocycles. The molecule has 1 aliphatic carbocycles. The standard InChI is InChI=1S/C34H48FN5O6Si/c1-20-26(32(42)38-24-12-13-39(33(43)44)31(30(24)41)34(2,3)4)28-29(40(20)19-45-14-15-47(5,6)7)27(36-18-37-28)23-11-10-22(35)16-25(23)46-17-21-8-9-21/h10-11,16,18,21,24,30-31,41H,8-9,12-15,17,19H2,1-7H3,(H,38,42)(H,43,44)/t24-,30-,31?/m0/s1. The minimum Gasteiger partial charge on any atom is -0.492 e. The predicted octanol–water partition coefficient (Wildman–Crippen LogP) is 5.90. The van der Waals surface area contributed by atoms with Gasteiger partial charge in [-0.15, -0.1) is 0 Å². The first-order valence-corrected chi connectivity index (χ1v) is 20.1.